The van der Waals surface area contributed by atoms with Gasteiger partial charge in [0.05, 0.1) is 13.2 Å². The Bertz CT molecular complexity index is 789. The molecule has 0 atom stereocenters. The van der Waals surface area contributed by atoms with Gasteiger partial charge in [0.15, 0.2) is 11.8 Å². The molecule has 28 heavy (non-hydrogen) atoms. The Morgan fingerprint density at radius 2 is 2.04 bits per heavy atom. The van der Waals surface area contributed by atoms with E-state index in [0.717, 1.165) is 54.9 Å². The summed E-state index contributed by atoms with van der Waals surface area (Å²) in [5, 5.41) is 15.3. The average molecular weight is 498 g/mol. The molecule has 0 radical (unpaired) electrons. The van der Waals surface area contributed by atoms with Crippen molar-refractivity contribution in [1.29, 1.82) is 0 Å². The van der Waals surface area contributed by atoms with E-state index in [-0.39, 0.29) is 24.0 Å². The van der Waals surface area contributed by atoms with Crippen molar-refractivity contribution in [2.24, 2.45) is 4.99 Å². The van der Waals surface area contributed by atoms with E-state index in [1.54, 1.807) is 7.05 Å². The van der Waals surface area contributed by atoms with Crippen molar-refractivity contribution in [2.45, 2.75) is 59.2 Å². The second kappa shape index (κ2) is 11.2. The van der Waals surface area contributed by atoms with Crippen LogP contribution in [0.25, 0.3) is 0 Å². The summed E-state index contributed by atoms with van der Waals surface area (Å²) in [5.74, 6) is 3.74. The van der Waals surface area contributed by atoms with Crippen LogP contribution in [0, 0.1) is 6.92 Å². The van der Waals surface area contributed by atoms with E-state index >= 15 is 0 Å². The zero-order valence-corrected chi connectivity index (χ0v) is 19.3. The van der Waals surface area contributed by atoms with E-state index in [1.165, 1.54) is 18.4 Å². The average Bonchev–Trinajstić information content (AvgIpc) is 3.11. The number of ether oxygens (including phenoxy) is 1. The lowest BCUT2D eigenvalue weighted by molar-refractivity contribution is 0.313. The maximum Gasteiger partial charge on any atom is 0.191 e. The number of rotatable bonds is 7. The highest BCUT2D eigenvalue weighted by Gasteiger charge is 2.15. The third-order valence-corrected chi connectivity index (χ3v) is 4.70. The number of nitrogens with one attached hydrogen (secondary N) is 2. The van der Waals surface area contributed by atoms with Crippen LogP contribution in [-0.2, 0) is 26.1 Å². The number of aromatic nitrogens is 3. The molecule has 0 bridgehead atoms. The minimum atomic E-state index is 0. The van der Waals surface area contributed by atoms with Gasteiger partial charge in [0.1, 0.15) is 11.6 Å². The smallest absolute Gasteiger partial charge is 0.191 e. The van der Waals surface area contributed by atoms with Crippen LogP contribution in [0.5, 0.6) is 5.75 Å². The largest absolute Gasteiger partial charge is 0.493 e. The Morgan fingerprint density at radius 1 is 1.21 bits per heavy atom. The normalized spacial score (nSPS) is 13.5. The van der Waals surface area contributed by atoms with Gasteiger partial charge >= 0.3 is 0 Å². The molecule has 0 amide bonds. The van der Waals surface area contributed by atoms with Crippen molar-refractivity contribution in [2.75, 3.05) is 13.7 Å². The van der Waals surface area contributed by atoms with E-state index in [1.807, 2.05) is 0 Å². The number of nitrogens with zero attached hydrogens (tertiary/aromatic N) is 4. The Kier molecular flexibility index (Phi) is 9.01. The lowest BCUT2D eigenvalue weighted by atomic mass is 10.1. The van der Waals surface area contributed by atoms with Gasteiger partial charge in [0, 0.05) is 32.1 Å². The Morgan fingerprint density at radius 3 is 2.82 bits per heavy atom. The molecule has 2 N–H and O–H groups in total. The molecule has 8 heteroatoms. The summed E-state index contributed by atoms with van der Waals surface area (Å²) in [5.41, 5.74) is 2.32. The van der Waals surface area contributed by atoms with Gasteiger partial charge in [-0.1, -0.05) is 19.1 Å². The molecule has 1 aromatic carbocycles. The lowest BCUT2D eigenvalue weighted by Crippen LogP contribution is -2.37. The molecule has 0 saturated carbocycles. The third kappa shape index (κ3) is 5.83. The van der Waals surface area contributed by atoms with Crippen LogP contribution in [0.2, 0.25) is 0 Å². The molecule has 2 aromatic rings. The minimum absolute atomic E-state index is 0. The second-order valence-corrected chi connectivity index (χ2v) is 6.88. The first-order chi connectivity index (χ1) is 13.2. The van der Waals surface area contributed by atoms with E-state index in [0.29, 0.717) is 13.1 Å². The van der Waals surface area contributed by atoms with Crippen LogP contribution in [0.1, 0.15) is 49.0 Å². The summed E-state index contributed by atoms with van der Waals surface area (Å²) < 4.78 is 8.11. The molecule has 154 valence electrons. The van der Waals surface area contributed by atoms with Crippen molar-refractivity contribution in [1.82, 2.24) is 25.4 Å². The first kappa shape index (κ1) is 22.4. The molecule has 0 fully saturated rings. The number of benzene rings is 1. The number of halogens is 1. The first-order valence-corrected chi connectivity index (χ1v) is 9.79. The quantitative estimate of drug-likeness (QED) is 0.349. The zero-order valence-electron chi connectivity index (χ0n) is 17.0. The van der Waals surface area contributed by atoms with Crippen LogP contribution in [0.4, 0.5) is 0 Å². The monoisotopic (exact) mass is 498 g/mol. The van der Waals surface area contributed by atoms with Gasteiger partial charge in [-0.2, -0.15) is 0 Å². The van der Waals surface area contributed by atoms with Crippen molar-refractivity contribution in [3.05, 3.63) is 41.0 Å². The van der Waals surface area contributed by atoms with Gasteiger partial charge in [-0.25, -0.2) is 0 Å². The summed E-state index contributed by atoms with van der Waals surface area (Å²) in [6, 6.07) is 6.30. The standard InChI is InChI=1S/C20H30N6O.HI/c1-4-11-27-17-12-15(2)8-9-16(17)13-22-20(21-3)23-14-19-25-24-18-7-5-6-10-26(18)19;/h8-9,12H,4-7,10-11,13-14H2,1-3H3,(H2,21,22,23);1H. The van der Waals surface area contributed by atoms with E-state index in [2.05, 4.69) is 62.4 Å². The Balaban J connectivity index is 0.00000280. The van der Waals surface area contributed by atoms with Crippen LogP contribution < -0.4 is 15.4 Å². The molecular formula is C20H31IN6O. The highest BCUT2D eigenvalue weighted by Crippen LogP contribution is 2.20. The van der Waals surface area contributed by atoms with E-state index in [4.69, 9.17) is 4.74 Å². The molecule has 2 heterocycles. The highest BCUT2D eigenvalue weighted by molar-refractivity contribution is 14.0. The number of aliphatic imine (C=N–C) groups is 1. The van der Waals surface area contributed by atoms with E-state index < -0.39 is 0 Å². The molecule has 7 nitrogen and oxygen atoms in total. The molecule has 0 spiro atoms. The number of guanidine groups is 1. The molecule has 0 saturated heterocycles. The number of fused-ring (bicyclic) bond motifs is 1. The fourth-order valence-electron chi connectivity index (χ4n) is 3.22. The molecule has 1 aliphatic heterocycles. The van der Waals surface area contributed by atoms with Gasteiger partial charge in [-0.15, -0.1) is 34.2 Å². The minimum Gasteiger partial charge on any atom is -0.493 e. The predicted octanol–water partition coefficient (Wildman–Crippen LogP) is 3.19. The summed E-state index contributed by atoms with van der Waals surface area (Å²) in [4.78, 5) is 4.32. The van der Waals surface area contributed by atoms with Gasteiger partial charge in [-0.3, -0.25) is 4.99 Å². The first-order valence-electron chi connectivity index (χ1n) is 9.79. The second-order valence-electron chi connectivity index (χ2n) is 6.88. The number of aryl methyl sites for hydroxylation is 2. The van der Waals surface area contributed by atoms with Crippen molar-refractivity contribution in [3.63, 3.8) is 0 Å². The van der Waals surface area contributed by atoms with Crippen LogP contribution >= 0.6 is 24.0 Å². The maximum atomic E-state index is 5.89. The summed E-state index contributed by atoms with van der Waals surface area (Å²) >= 11 is 0. The highest BCUT2D eigenvalue weighted by atomic mass is 127. The maximum absolute atomic E-state index is 5.89. The van der Waals surface area contributed by atoms with Gasteiger partial charge < -0.3 is 19.9 Å². The topological polar surface area (TPSA) is 76.4 Å². The Labute approximate surface area is 184 Å². The summed E-state index contributed by atoms with van der Waals surface area (Å²) in [6.45, 7) is 7.18. The molecule has 0 aliphatic carbocycles. The number of hydrogen-bond donors (Lipinski definition) is 2. The van der Waals surface area contributed by atoms with Crippen molar-refractivity contribution >= 4 is 29.9 Å². The molecular weight excluding hydrogens is 467 g/mol. The Hall–Kier alpha value is -1.84. The van der Waals surface area contributed by atoms with Gasteiger partial charge in [0.2, 0.25) is 0 Å². The predicted molar refractivity (Wildman–Crippen MR) is 122 cm³/mol. The zero-order chi connectivity index (χ0) is 19.1. The van der Waals surface area contributed by atoms with Crippen molar-refractivity contribution in [3.8, 4) is 5.75 Å². The third-order valence-electron chi connectivity index (χ3n) is 4.70. The van der Waals surface area contributed by atoms with Gasteiger partial charge in [0.25, 0.3) is 0 Å². The molecule has 0 unspecified atom stereocenters. The SMILES string of the molecule is CCCOc1cc(C)ccc1CNC(=NC)NCc1nnc2n1CCCC2.I. The fourth-order valence-corrected chi connectivity index (χ4v) is 3.22. The van der Waals surface area contributed by atoms with Crippen molar-refractivity contribution < 1.29 is 4.74 Å². The number of hydrogen-bond acceptors (Lipinski definition) is 4. The fraction of sp³-hybridized carbons (Fsp3) is 0.550. The summed E-state index contributed by atoms with van der Waals surface area (Å²) in [6.07, 6.45) is 4.41. The summed E-state index contributed by atoms with van der Waals surface area (Å²) in [7, 11) is 1.78. The van der Waals surface area contributed by atoms with Crippen LogP contribution in [-0.4, -0.2) is 34.4 Å². The molecule has 1 aliphatic rings. The lowest BCUT2D eigenvalue weighted by Gasteiger charge is -2.17. The molecule has 3 rings (SSSR count). The van der Waals surface area contributed by atoms with Crippen LogP contribution in [0.15, 0.2) is 23.2 Å². The van der Waals surface area contributed by atoms with E-state index in [9.17, 15) is 0 Å². The molecule has 1 aromatic heterocycles. The van der Waals surface area contributed by atoms with Crippen LogP contribution in [0.3, 0.4) is 0 Å². The van der Waals surface area contributed by atoms with Gasteiger partial charge in [-0.05, 0) is 37.8 Å².